The molecular weight excluding hydrogens is 782 g/mol. The maximum Gasteiger partial charge on any atom is 0.416 e. The van der Waals surface area contributed by atoms with Crippen LogP contribution in [0.15, 0.2) is 146 Å². The molecule has 8 aromatic rings. The quantitative estimate of drug-likeness (QED) is 0.0948. The van der Waals surface area contributed by atoms with Crippen LogP contribution in [0.2, 0.25) is 0 Å². The molecule has 0 radical (unpaired) electrons. The van der Waals surface area contributed by atoms with Crippen molar-refractivity contribution in [2.45, 2.75) is 24.7 Å². The van der Waals surface area contributed by atoms with E-state index in [0.717, 1.165) is 48.5 Å². The third-order valence-corrected chi connectivity index (χ3v) is 10.0. The summed E-state index contributed by atoms with van der Waals surface area (Å²) >= 11 is 0. The molecule has 0 saturated carbocycles. The first kappa shape index (κ1) is 38.5. The molecule has 0 atom stereocenters. The SMILES string of the molecule is FC(F)(F)c1ccc(-c2c(-c3ccc(C(F)(F)F)cc3)[n+]3c4ccccc4c(-c4ccc(C(F)(F)F)cc4)c(-c4ccc(C(F)(F)F)cc4)c3c3ccccc23)cc1. The van der Waals surface area contributed by atoms with Crippen LogP contribution in [0.3, 0.4) is 0 Å². The number of hydrogen-bond acceptors (Lipinski definition) is 0. The molecule has 2 heterocycles. The molecule has 1 nitrogen and oxygen atoms in total. The van der Waals surface area contributed by atoms with Gasteiger partial charge >= 0.3 is 24.7 Å². The second-order valence-electron chi connectivity index (χ2n) is 13.5. The summed E-state index contributed by atoms with van der Waals surface area (Å²) in [6.45, 7) is 0. The van der Waals surface area contributed by atoms with Gasteiger partial charge in [-0.05, 0) is 89.5 Å². The highest BCUT2D eigenvalue weighted by Gasteiger charge is 2.37. The fourth-order valence-corrected chi connectivity index (χ4v) is 7.44. The highest BCUT2D eigenvalue weighted by atomic mass is 19.4. The lowest BCUT2D eigenvalue weighted by Gasteiger charge is -2.20. The Morgan fingerprint density at radius 3 is 1.03 bits per heavy atom. The highest BCUT2D eigenvalue weighted by molar-refractivity contribution is 6.16. The van der Waals surface area contributed by atoms with Crippen molar-refractivity contribution in [1.29, 1.82) is 0 Å². The summed E-state index contributed by atoms with van der Waals surface area (Å²) in [5.41, 5.74) is -0.994. The minimum atomic E-state index is -4.72. The summed E-state index contributed by atoms with van der Waals surface area (Å²) in [6.07, 6.45) is -18.8. The van der Waals surface area contributed by atoms with Gasteiger partial charge in [0.1, 0.15) is 0 Å². The first-order valence-electron chi connectivity index (χ1n) is 17.4. The van der Waals surface area contributed by atoms with Gasteiger partial charge in [0.05, 0.1) is 44.2 Å². The Labute approximate surface area is 321 Å². The predicted molar refractivity (Wildman–Crippen MR) is 196 cm³/mol. The monoisotopic (exact) mass is 806 g/mol. The number of fused-ring (bicyclic) bond motifs is 5. The van der Waals surface area contributed by atoms with E-state index in [1.54, 1.807) is 52.9 Å². The Bertz CT molecular complexity index is 2630. The van der Waals surface area contributed by atoms with E-state index in [9.17, 15) is 52.7 Å². The minimum absolute atomic E-state index is 0.203. The molecule has 0 bridgehead atoms. The summed E-state index contributed by atoms with van der Waals surface area (Å²) in [4.78, 5) is 0. The van der Waals surface area contributed by atoms with E-state index in [4.69, 9.17) is 0 Å². The number of benzene rings is 6. The zero-order valence-electron chi connectivity index (χ0n) is 29.3. The molecule has 0 N–H and O–H groups in total. The summed E-state index contributed by atoms with van der Waals surface area (Å²) in [6, 6.07) is 30.2. The number of aromatic nitrogens is 1. The van der Waals surface area contributed by atoms with Crippen molar-refractivity contribution < 1.29 is 57.1 Å². The van der Waals surface area contributed by atoms with Crippen molar-refractivity contribution in [2.75, 3.05) is 0 Å². The molecule has 0 fully saturated rings. The Hall–Kier alpha value is -6.37. The van der Waals surface area contributed by atoms with Crippen molar-refractivity contribution in [3.63, 3.8) is 0 Å². The van der Waals surface area contributed by atoms with Crippen LogP contribution in [0.25, 0.3) is 71.8 Å². The van der Waals surface area contributed by atoms with Gasteiger partial charge in [0.25, 0.3) is 0 Å². The molecular formula is C45H24F12N+. The lowest BCUT2D eigenvalue weighted by molar-refractivity contribution is -0.466. The maximum absolute atomic E-state index is 13.9. The van der Waals surface area contributed by atoms with Crippen LogP contribution in [0.1, 0.15) is 22.3 Å². The molecule has 0 aliphatic rings. The summed E-state index contributed by atoms with van der Waals surface area (Å²) < 4.78 is 168. The smallest absolute Gasteiger partial charge is 0.166 e. The van der Waals surface area contributed by atoms with Gasteiger partial charge in [-0.15, -0.1) is 0 Å². The Morgan fingerprint density at radius 1 is 0.293 bits per heavy atom. The van der Waals surface area contributed by atoms with Gasteiger partial charge in [-0.1, -0.05) is 66.7 Å². The van der Waals surface area contributed by atoms with Crippen LogP contribution in [-0.4, -0.2) is 0 Å². The van der Waals surface area contributed by atoms with Crippen molar-refractivity contribution >= 4 is 27.2 Å². The summed E-state index contributed by atoms with van der Waals surface area (Å²) in [5.74, 6) is 0. The largest absolute Gasteiger partial charge is 0.416 e. The fraction of sp³-hybridized carbons (Fsp3) is 0.0889. The normalized spacial score (nSPS) is 12.8. The van der Waals surface area contributed by atoms with Crippen LogP contribution < -0.4 is 4.40 Å². The molecule has 0 aliphatic carbocycles. The Kier molecular flexibility index (Phi) is 9.05. The van der Waals surface area contributed by atoms with Crippen molar-refractivity contribution in [3.8, 4) is 44.6 Å². The van der Waals surface area contributed by atoms with Gasteiger partial charge in [-0.25, -0.2) is 0 Å². The number of pyridine rings is 2. The molecule has 0 unspecified atom stereocenters. The zero-order chi connectivity index (χ0) is 41.4. The van der Waals surface area contributed by atoms with E-state index in [1.165, 1.54) is 48.5 Å². The van der Waals surface area contributed by atoms with E-state index in [1.807, 2.05) is 0 Å². The highest BCUT2D eigenvalue weighted by Crippen LogP contribution is 2.47. The molecule has 0 spiro atoms. The van der Waals surface area contributed by atoms with E-state index in [0.29, 0.717) is 38.3 Å². The van der Waals surface area contributed by atoms with E-state index < -0.39 is 47.0 Å². The Balaban J connectivity index is 1.62. The molecule has 0 amide bonds. The number of halogens is 12. The van der Waals surface area contributed by atoms with Crippen LogP contribution in [0.4, 0.5) is 52.7 Å². The van der Waals surface area contributed by atoms with E-state index in [-0.39, 0.29) is 33.5 Å². The van der Waals surface area contributed by atoms with Crippen molar-refractivity contribution in [1.82, 2.24) is 0 Å². The number of hydrogen-bond donors (Lipinski definition) is 0. The van der Waals surface area contributed by atoms with Gasteiger partial charge in [0, 0.05) is 22.6 Å². The lowest BCUT2D eigenvalue weighted by Crippen LogP contribution is -2.29. The second kappa shape index (κ2) is 13.6. The number of rotatable bonds is 4. The molecule has 58 heavy (non-hydrogen) atoms. The third-order valence-electron chi connectivity index (χ3n) is 10.0. The first-order chi connectivity index (χ1) is 27.3. The molecule has 0 saturated heterocycles. The molecule has 8 rings (SSSR count). The van der Waals surface area contributed by atoms with Gasteiger partial charge < -0.3 is 0 Å². The van der Waals surface area contributed by atoms with E-state index in [2.05, 4.69) is 0 Å². The van der Waals surface area contributed by atoms with Crippen LogP contribution in [0.5, 0.6) is 0 Å². The summed E-state index contributed by atoms with van der Waals surface area (Å²) in [5, 5.41) is 1.25. The van der Waals surface area contributed by atoms with Gasteiger partial charge in [0.2, 0.25) is 16.7 Å². The van der Waals surface area contributed by atoms with Crippen molar-refractivity contribution in [3.05, 3.63) is 168 Å². The molecule has 292 valence electrons. The number of nitrogens with zero attached hydrogens (tertiary/aromatic N) is 1. The number of alkyl halides is 12. The topological polar surface area (TPSA) is 4.10 Å². The van der Waals surface area contributed by atoms with Gasteiger partial charge in [0.15, 0.2) is 0 Å². The second-order valence-corrected chi connectivity index (χ2v) is 13.5. The van der Waals surface area contributed by atoms with Crippen LogP contribution in [-0.2, 0) is 24.7 Å². The minimum Gasteiger partial charge on any atom is -0.166 e. The average Bonchev–Trinajstić information content (AvgIpc) is 3.18. The fourth-order valence-electron chi connectivity index (χ4n) is 7.44. The predicted octanol–water partition coefficient (Wildman–Crippen LogP) is 14.5. The molecule has 6 aromatic carbocycles. The Morgan fingerprint density at radius 2 is 0.621 bits per heavy atom. The standard InChI is InChI=1S/C45H24F12N/c46-42(47,48)29-17-9-25(10-18-29)37-35-7-3-4-8-36(35)58-40(28-15-23-32(24-16-28)45(55,56)57)38(26-11-19-30(20-12-26)43(49,50)51)33-5-1-2-6-34(33)41(58)39(37)27-13-21-31(22-14-27)44(52,53)54/h1-24H/q+1. The first-order valence-corrected chi connectivity index (χ1v) is 17.4. The average molecular weight is 807 g/mol. The van der Waals surface area contributed by atoms with Crippen LogP contribution in [0, 0.1) is 0 Å². The van der Waals surface area contributed by atoms with Gasteiger partial charge in [-0.3, -0.25) is 0 Å². The molecule has 0 aliphatic heterocycles. The van der Waals surface area contributed by atoms with Gasteiger partial charge in [-0.2, -0.15) is 57.1 Å². The zero-order valence-corrected chi connectivity index (χ0v) is 29.3. The lowest BCUT2D eigenvalue weighted by atomic mass is 9.85. The van der Waals surface area contributed by atoms with E-state index >= 15 is 0 Å². The molecule has 2 aromatic heterocycles. The van der Waals surface area contributed by atoms with Crippen molar-refractivity contribution in [2.24, 2.45) is 0 Å². The third kappa shape index (κ3) is 6.77. The van der Waals surface area contributed by atoms with Crippen LogP contribution >= 0.6 is 0 Å². The maximum atomic E-state index is 13.9. The molecule has 13 heteroatoms. The number of para-hydroxylation sites is 1. The summed E-state index contributed by atoms with van der Waals surface area (Å²) in [7, 11) is 0.